The van der Waals surface area contributed by atoms with Crippen molar-refractivity contribution in [3.63, 3.8) is 0 Å². The van der Waals surface area contributed by atoms with Crippen LogP contribution in [0.4, 0.5) is 0 Å². The van der Waals surface area contributed by atoms with Crippen molar-refractivity contribution in [2.24, 2.45) is 17.4 Å². The molecule has 1 atom stereocenters. The molecule has 104 valence electrons. The van der Waals surface area contributed by atoms with Crippen molar-refractivity contribution < 1.29 is 4.84 Å². The minimum Gasteiger partial charge on any atom is -0.404 e. The van der Waals surface area contributed by atoms with Crippen LogP contribution in [0.2, 0.25) is 0 Å². The van der Waals surface area contributed by atoms with Gasteiger partial charge in [-0.25, -0.2) is 5.48 Å². The molecule has 0 radical (unpaired) electrons. The van der Waals surface area contributed by atoms with Crippen LogP contribution >= 0.6 is 0 Å². The highest BCUT2D eigenvalue weighted by atomic mass is 16.6. The molecule has 18 heavy (non-hydrogen) atoms. The maximum atomic E-state index is 5.60. The number of hydrogen-bond acceptors (Lipinski definition) is 4. The van der Waals surface area contributed by atoms with Crippen LogP contribution in [0.1, 0.15) is 33.1 Å². The molecular weight excluding hydrogens is 226 g/mol. The van der Waals surface area contributed by atoms with Gasteiger partial charge in [0.15, 0.2) is 0 Å². The van der Waals surface area contributed by atoms with Crippen molar-refractivity contribution >= 4 is 0 Å². The van der Waals surface area contributed by atoms with Crippen molar-refractivity contribution in [2.75, 3.05) is 13.7 Å². The molecule has 0 bridgehead atoms. The summed E-state index contributed by atoms with van der Waals surface area (Å²) in [5.41, 5.74) is 15.8. The van der Waals surface area contributed by atoms with Crippen LogP contribution in [-0.4, -0.2) is 13.7 Å². The third-order valence-corrected chi connectivity index (χ3v) is 2.56. The summed E-state index contributed by atoms with van der Waals surface area (Å²) >= 11 is 0. The number of nitrogens with two attached hydrogens (primary N) is 2. The molecule has 0 aliphatic heterocycles. The molecule has 4 heteroatoms. The fourth-order valence-corrected chi connectivity index (χ4v) is 1.42. The van der Waals surface area contributed by atoms with Gasteiger partial charge in [0.1, 0.15) is 0 Å². The van der Waals surface area contributed by atoms with E-state index in [-0.39, 0.29) is 0 Å². The van der Waals surface area contributed by atoms with Gasteiger partial charge in [-0.1, -0.05) is 25.2 Å². The molecule has 5 N–H and O–H groups in total. The van der Waals surface area contributed by atoms with Crippen LogP contribution in [0.15, 0.2) is 35.7 Å². The van der Waals surface area contributed by atoms with Crippen molar-refractivity contribution in [3.8, 4) is 0 Å². The molecule has 0 aromatic heterocycles. The standard InChI is InChI=1S/C14H27N3O/c1-12(11-18-17-3)8-9-14(10-15)7-5-4-6-13(2)16/h5-7,10,12,17H,4,8-9,11,15-16H2,1-3H3/b7-5+,13-6+,14-10-/t12-/m1/s1. The second kappa shape index (κ2) is 10.9. The summed E-state index contributed by atoms with van der Waals surface area (Å²) in [6, 6.07) is 0. The lowest BCUT2D eigenvalue weighted by atomic mass is 10.0. The number of hydroxylamine groups is 1. The van der Waals surface area contributed by atoms with E-state index in [9.17, 15) is 0 Å². The molecular formula is C14H27N3O. The van der Waals surface area contributed by atoms with Gasteiger partial charge in [0.25, 0.3) is 0 Å². The Morgan fingerprint density at radius 1 is 1.44 bits per heavy atom. The average Bonchev–Trinajstić information content (AvgIpc) is 2.35. The van der Waals surface area contributed by atoms with Gasteiger partial charge in [0.05, 0.1) is 6.61 Å². The molecule has 0 fully saturated rings. The average molecular weight is 253 g/mol. The fraction of sp³-hybridized carbons (Fsp3) is 0.571. The zero-order valence-corrected chi connectivity index (χ0v) is 11.8. The molecule has 0 aromatic carbocycles. The Morgan fingerprint density at radius 3 is 2.72 bits per heavy atom. The van der Waals surface area contributed by atoms with Gasteiger partial charge in [-0.2, -0.15) is 0 Å². The summed E-state index contributed by atoms with van der Waals surface area (Å²) in [7, 11) is 1.77. The molecule has 0 saturated heterocycles. The molecule has 0 aliphatic carbocycles. The summed E-state index contributed by atoms with van der Waals surface area (Å²) < 4.78 is 0. The fourth-order valence-electron chi connectivity index (χ4n) is 1.42. The first-order valence-corrected chi connectivity index (χ1v) is 6.38. The van der Waals surface area contributed by atoms with E-state index < -0.39 is 0 Å². The molecule has 0 saturated carbocycles. The highest BCUT2D eigenvalue weighted by molar-refractivity contribution is 5.18. The molecule has 0 amide bonds. The van der Waals surface area contributed by atoms with E-state index in [0.29, 0.717) is 12.5 Å². The lowest BCUT2D eigenvalue weighted by molar-refractivity contribution is 0.0339. The number of hydrogen-bond donors (Lipinski definition) is 3. The van der Waals surface area contributed by atoms with Crippen molar-refractivity contribution in [2.45, 2.75) is 33.1 Å². The van der Waals surface area contributed by atoms with E-state index >= 15 is 0 Å². The highest BCUT2D eigenvalue weighted by Crippen LogP contribution is 2.13. The smallest absolute Gasteiger partial charge is 0.0707 e. The highest BCUT2D eigenvalue weighted by Gasteiger charge is 2.02. The molecule has 0 unspecified atom stereocenters. The summed E-state index contributed by atoms with van der Waals surface area (Å²) in [4.78, 5) is 5.15. The molecule has 0 aromatic rings. The maximum absolute atomic E-state index is 5.60. The second-order valence-electron chi connectivity index (χ2n) is 4.49. The van der Waals surface area contributed by atoms with Gasteiger partial charge in [-0.3, -0.25) is 0 Å². The van der Waals surface area contributed by atoms with Gasteiger partial charge in [-0.05, 0) is 43.9 Å². The van der Waals surface area contributed by atoms with E-state index in [1.165, 1.54) is 0 Å². The van der Waals surface area contributed by atoms with Crippen molar-refractivity contribution in [1.82, 2.24) is 5.48 Å². The van der Waals surface area contributed by atoms with Gasteiger partial charge in [0.2, 0.25) is 0 Å². The summed E-state index contributed by atoms with van der Waals surface area (Å²) in [6.45, 7) is 4.76. The Hall–Kier alpha value is -1.26. The quantitative estimate of drug-likeness (QED) is 0.435. The monoisotopic (exact) mass is 253 g/mol. The lowest BCUT2D eigenvalue weighted by Gasteiger charge is -2.10. The van der Waals surface area contributed by atoms with E-state index in [1.54, 1.807) is 13.2 Å². The first-order chi connectivity index (χ1) is 8.60. The third kappa shape index (κ3) is 9.93. The van der Waals surface area contributed by atoms with E-state index in [2.05, 4.69) is 24.6 Å². The molecule has 0 rings (SSSR count). The van der Waals surface area contributed by atoms with Crippen molar-refractivity contribution in [3.05, 3.63) is 35.7 Å². The van der Waals surface area contributed by atoms with Gasteiger partial charge in [0, 0.05) is 12.7 Å². The zero-order valence-electron chi connectivity index (χ0n) is 11.8. The van der Waals surface area contributed by atoms with Gasteiger partial charge < -0.3 is 16.3 Å². The lowest BCUT2D eigenvalue weighted by Crippen LogP contribution is -2.14. The van der Waals surface area contributed by atoms with Gasteiger partial charge >= 0.3 is 0 Å². The summed E-state index contributed by atoms with van der Waals surface area (Å²) in [5, 5.41) is 0. The maximum Gasteiger partial charge on any atom is 0.0707 e. The summed E-state index contributed by atoms with van der Waals surface area (Å²) in [6.07, 6.45) is 10.6. The zero-order chi connectivity index (χ0) is 13.8. The van der Waals surface area contributed by atoms with E-state index in [0.717, 1.165) is 30.5 Å². The third-order valence-electron chi connectivity index (χ3n) is 2.56. The Kier molecular flexibility index (Phi) is 10.1. The Morgan fingerprint density at radius 2 is 2.17 bits per heavy atom. The van der Waals surface area contributed by atoms with Crippen LogP contribution < -0.4 is 16.9 Å². The van der Waals surface area contributed by atoms with Crippen LogP contribution in [0, 0.1) is 5.92 Å². The second-order valence-corrected chi connectivity index (χ2v) is 4.49. The Labute approximate surface area is 111 Å². The van der Waals surface area contributed by atoms with Gasteiger partial charge in [-0.15, -0.1) is 0 Å². The van der Waals surface area contributed by atoms with Crippen LogP contribution in [0.5, 0.6) is 0 Å². The number of allylic oxidation sites excluding steroid dienone is 5. The topological polar surface area (TPSA) is 73.3 Å². The van der Waals surface area contributed by atoms with E-state index in [4.69, 9.17) is 16.3 Å². The molecule has 0 aliphatic rings. The number of rotatable bonds is 9. The largest absolute Gasteiger partial charge is 0.404 e. The summed E-state index contributed by atoms with van der Waals surface area (Å²) in [5.74, 6) is 0.506. The number of nitrogens with one attached hydrogen (secondary N) is 1. The molecule has 0 spiro atoms. The predicted molar refractivity (Wildman–Crippen MR) is 77.4 cm³/mol. The minimum absolute atomic E-state index is 0.506. The SMILES string of the molecule is CNOC[C@H](C)CCC(/C=C/C/C=C(\C)N)=C\N. The molecule has 4 nitrogen and oxygen atoms in total. The minimum atomic E-state index is 0.506. The van der Waals surface area contributed by atoms with Crippen LogP contribution in [-0.2, 0) is 4.84 Å². The Bertz CT molecular complexity index is 291. The van der Waals surface area contributed by atoms with E-state index in [1.807, 2.05) is 13.0 Å². The normalized spacial score (nSPS) is 15.3. The van der Waals surface area contributed by atoms with Crippen LogP contribution in [0.25, 0.3) is 0 Å². The first kappa shape index (κ1) is 16.7. The Balaban J connectivity index is 3.94. The first-order valence-electron chi connectivity index (χ1n) is 6.38. The molecule has 0 heterocycles. The van der Waals surface area contributed by atoms with Crippen molar-refractivity contribution in [1.29, 1.82) is 0 Å². The van der Waals surface area contributed by atoms with Crippen LogP contribution in [0.3, 0.4) is 0 Å². The predicted octanol–water partition coefficient (Wildman–Crippen LogP) is 2.21.